The molecule has 2 N–H and O–H groups in total. The second kappa shape index (κ2) is 6.33. The quantitative estimate of drug-likeness (QED) is 0.643. The highest BCUT2D eigenvalue weighted by atomic mass is 16.6. The van der Waals surface area contributed by atoms with Crippen LogP contribution in [0.25, 0.3) is 0 Å². The van der Waals surface area contributed by atoms with Gasteiger partial charge in [0, 0.05) is 57.0 Å². The molecule has 1 aliphatic rings. The maximum absolute atomic E-state index is 11.7. The Hall–Kier alpha value is -2.15. The minimum atomic E-state index is -0.410. The zero-order valence-electron chi connectivity index (χ0n) is 11.2. The first-order chi connectivity index (χ1) is 9.61. The highest BCUT2D eigenvalue weighted by molar-refractivity contribution is 5.76. The summed E-state index contributed by atoms with van der Waals surface area (Å²) in [5.41, 5.74) is 6.41. The molecule has 0 bridgehead atoms. The highest BCUT2D eigenvalue weighted by Crippen LogP contribution is 2.20. The number of piperazine rings is 1. The van der Waals surface area contributed by atoms with Crippen LogP contribution in [0, 0.1) is 10.1 Å². The van der Waals surface area contributed by atoms with E-state index in [9.17, 15) is 14.9 Å². The summed E-state index contributed by atoms with van der Waals surface area (Å²) in [6, 6.07) is 6.49. The molecule has 20 heavy (non-hydrogen) atoms. The summed E-state index contributed by atoms with van der Waals surface area (Å²) in [5, 5.41) is 10.6. The van der Waals surface area contributed by atoms with Gasteiger partial charge in [0.2, 0.25) is 5.91 Å². The molecule has 0 unspecified atom stereocenters. The largest absolute Gasteiger partial charge is 0.368 e. The van der Waals surface area contributed by atoms with Crippen molar-refractivity contribution < 1.29 is 9.72 Å². The normalized spacial score (nSPS) is 15.2. The zero-order valence-corrected chi connectivity index (χ0v) is 11.2. The summed E-state index contributed by atoms with van der Waals surface area (Å²) in [5.74, 6) is 0.0934. The Balaban J connectivity index is 1.93. The van der Waals surface area contributed by atoms with Crippen molar-refractivity contribution in [3.05, 3.63) is 34.4 Å². The van der Waals surface area contributed by atoms with Crippen LogP contribution in [0.15, 0.2) is 24.3 Å². The summed E-state index contributed by atoms with van der Waals surface area (Å²) in [7, 11) is 0. The summed E-state index contributed by atoms with van der Waals surface area (Å²) >= 11 is 0. The standard InChI is InChI=1S/C13H18N4O3/c14-6-5-13(18)16-9-7-15(8-10-16)11-1-3-12(4-2-11)17(19)20/h1-4H,5-10,14H2. The number of hydrogen-bond donors (Lipinski definition) is 1. The maximum atomic E-state index is 11.7. The summed E-state index contributed by atoms with van der Waals surface area (Å²) < 4.78 is 0. The number of non-ortho nitro benzene ring substituents is 1. The Morgan fingerprint density at radius 3 is 2.30 bits per heavy atom. The van der Waals surface area contributed by atoms with Gasteiger partial charge in [-0.1, -0.05) is 0 Å². The van der Waals surface area contributed by atoms with Gasteiger partial charge in [-0.15, -0.1) is 0 Å². The number of anilines is 1. The molecule has 1 aromatic carbocycles. The van der Waals surface area contributed by atoms with Crippen molar-refractivity contribution in [2.45, 2.75) is 6.42 Å². The summed E-state index contributed by atoms with van der Waals surface area (Å²) in [6.07, 6.45) is 0.386. The van der Waals surface area contributed by atoms with Crippen LogP contribution in [0.3, 0.4) is 0 Å². The van der Waals surface area contributed by atoms with Crippen LogP contribution in [0.2, 0.25) is 0 Å². The molecule has 0 saturated carbocycles. The summed E-state index contributed by atoms with van der Waals surface area (Å²) in [4.78, 5) is 25.8. The van der Waals surface area contributed by atoms with Crippen LogP contribution in [0.5, 0.6) is 0 Å². The average molecular weight is 278 g/mol. The highest BCUT2D eigenvalue weighted by Gasteiger charge is 2.20. The molecule has 7 heteroatoms. The minimum Gasteiger partial charge on any atom is -0.368 e. The van der Waals surface area contributed by atoms with E-state index < -0.39 is 4.92 Å². The van der Waals surface area contributed by atoms with Gasteiger partial charge in [0.25, 0.3) is 5.69 Å². The van der Waals surface area contributed by atoms with E-state index in [4.69, 9.17) is 5.73 Å². The lowest BCUT2D eigenvalue weighted by Gasteiger charge is -2.36. The average Bonchev–Trinajstić information content (AvgIpc) is 2.48. The second-order valence-corrected chi connectivity index (χ2v) is 4.68. The first-order valence-corrected chi connectivity index (χ1v) is 6.59. The van der Waals surface area contributed by atoms with Gasteiger partial charge in [-0.05, 0) is 12.1 Å². The maximum Gasteiger partial charge on any atom is 0.269 e. The number of benzene rings is 1. The molecule has 0 radical (unpaired) electrons. The number of carbonyl (C=O) groups excluding carboxylic acids is 1. The van der Waals surface area contributed by atoms with Gasteiger partial charge in [0.05, 0.1) is 4.92 Å². The van der Waals surface area contributed by atoms with Gasteiger partial charge in [-0.2, -0.15) is 0 Å². The van der Waals surface area contributed by atoms with E-state index in [1.54, 1.807) is 12.1 Å². The molecule has 1 aromatic rings. The van der Waals surface area contributed by atoms with Crippen LogP contribution in [-0.4, -0.2) is 48.5 Å². The van der Waals surface area contributed by atoms with Crippen molar-refractivity contribution in [2.75, 3.05) is 37.6 Å². The Morgan fingerprint density at radius 2 is 1.80 bits per heavy atom. The molecule has 1 saturated heterocycles. The molecular weight excluding hydrogens is 260 g/mol. The van der Waals surface area contributed by atoms with E-state index in [0.717, 1.165) is 18.8 Å². The van der Waals surface area contributed by atoms with E-state index in [1.807, 2.05) is 4.90 Å². The number of amides is 1. The third kappa shape index (κ3) is 3.24. The first-order valence-electron chi connectivity index (χ1n) is 6.59. The Bertz CT molecular complexity index is 481. The molecule has 1 heterocycles. The number of rotatable bonds is 4. The van der Waals surface area contributed by atoms with Crippen LogP contribution in [-0.2, 0) is 4.79 Å². The third-order valence-corrected chi connectivity index (χ3v) is 3.42. The molecule has 0 atom stereocenters. The van der Waals surface area contributed by atoms with Crippen molar-refractivity contribution in [3.8, 4) is 0 Å². The van der Waals surface area contributed by atoms with Crippen LogP contribution < -0.4 is 10.6 Å². The first kappa shape index (κ1) is 14.3. The molecule has 1 amide bonds. The third-order valence-electron chi connectivity index (χ3n) is 3.42. The monoisotopic (exact) mass is 278 g/mol. The minimum absolute atomic E-state index is 0.0884. The molecule has 7 nitrogen and oxygen atoms in total. The Morgan fingerprint density at radius 1 is 1.20 bits per heavy atom. The lowest BCUT2D eigenvalue weighted by atomic mass is 10.2. The number of carbonyl (C=O) groups is 1. The van der Waals surface area contributed by atoms with E-state index in [-0.39, 0.29) is 11.6 Å². The van der Waals surface area contributed by atoms with Crippen LogP contribution in [0.4, 0.5) is 11.4 Å². The van der Waals surface area contributed by atoms with Crippen molar-refractivity contribution in [3.63, 3.8) is 0 Å². The van der Waals surface area contributed by atoms with Gasteiger partial charge in [-0.25, -0.2) is 0 Å². The van der Waals surface area contributed by atoms with Gasteiger partial charge < -0.3 is 15.5 Å². The van der Waals surface area contributed by atoms with E-state index in [1.165, 1.54) is 12.1 Å². The fraction of sp³-hybridized carbons (Fsp3) is 0.462. The van der Waals surface area contributed by atoms with E-state index >= 15 is 0 Å². The molecule has 0 spiro atoms. The molecule has 0 aromatic heterocycles. The van der Waals surface area contributed by atoms with E-state index in [0.29, 0.717) is 26.1 Å². The van der Waals surface area contributed by atoms with Crippen molar-refractivity contribution >= 4 is 17.3 Å². The predicted octanol–water partition coefficient (Wildman–Crippen LogP) is 0.592. The number of nitrogens with two attached hydrogens (primary N) is 1. The number of nitro benzene ring substituents is 1. The zero-order chi connectivity index (χ0) is 14.5. The Labute approximate surface area is 117 Å². The second-order valence-electron chi connectivity index (χ2n) is 4.68. The fourth-order valence-electron chi connectivity index (χ4n) is 2.28. The van der Waals surface area contributed by atoms with E-state index in [2.05, 4.69) is 4.90 Å². The molecule has 0 aliphatic carbocycles. The Kier molecular flexibility index (Phi) is 4.52. The number of nitrogens with zero attached hydrogens (tertiary/aromatic N) is 3. The molecule has 2 rings (SSSR count). The smallest absolute Gasteiger partial charge is 0.269 e. The molecule has 1 fully saturated rings. The van der Waals surface area contributed by atoms with Gasteiger partial charge in [-0.3, -0.25) is 14.9 Å². The molecule has 1 aliphatic heterocycles. The lowest BCUT2D eigenvalue weighted by Crippen LogP contribution is -2.49. The number of hydrogen-bond acceptors (Lipinski definition) is 5. The van der Waals surface area contributed by atoms with Crippen molar-refractivity contribution in [1.29, 1.82) is 0 Å². The van der Waals surface area contributed by atoms with Crippen molar-refractivity contribution in [2.24, 2.45) is 5.73 Å². The molecule has 108 valence electrons. The predicted molar refractivity (Wildman–Crippen MR) is 75.6 cm³/mol. The summed E-state index contributed by atoms with van der Waals surface area (Å²) in [6.45, 7) is 3.16. The molecular formula is C13H18N4O3. The van der Waals surface area contributed by atoms with Gasteiger partial charge in [0.1, 0.15) is 0 Å². The SMILES string of the molecule is NCCC(=O)N1CCN(c2ccc([N+](=O)[O-])cc2)CC1. The van der Waals surface area contributed by atoms with Gasteiger partial charge in [0.15, 0.2) is 0 Å². The van der Waals surface area contributed by atoms with Crippen LogP contribution in [0.1, 0.15) is 6.42 Å². The van der Waals surface area contributed by atoms with Crippen LogP contribution >= 0.6 is 0 Å². The lowest BCUT2D eigenvalue weighted by molar-refractivity contribution is -0.384. The van der Waals surface area contributed by atoms with Crippen molar-refractivity contribution in [1.82, 2.24) is 4.90 Å². The van der Waals surface area contributed by atoms with Gasteiger partial charge >= 0.3 is 0 Å². The topological polar surface area (TPSA) is 92.7 Å². The fourth-order valence-corrected chi connectivity index (χ4v) is 2.28. The number of nitro groups is 1.